The van der Waals surface area contributed by atoms with Gasteiger partial charge in [0.15, 0.2) is 0 Å². The van der Waals surface area contributed by atoms with Crippen molar-refractivity contribution in [2.45, 2.75) is 46.1 Å². The number of hydrogen-bond donors (Lipinski definition) is 1. The van der Waals surface area contributed by atoms with Crippen molar-refractivity contribution in [3.05, 3.63) is 17.5 Å². The van der Waals surface area contributed by atoms with Gasteiger partial charge in [0.2, 0.25) is 0 Å². The normalized spacial score (nSPS) is 24.4. The van der Waals surface area contributed by atoms with Gasteiger partial charge in [-0.15, -0.1) is 0 Å². The predicted octanol–water partition coefficient (Wildman–Crippen LogP) is 2.51. The first-order chi connectivity index (χ1) is 8.19. The second-order valence-corrected chi connectivity index (χ2v) is 5.54. The summed E-state index contributed by atoms with van der Waals surface area (Å²) >= 11 is 0. The van der Waals surface area contributed by atoms with Crippen LogP contribution in [-0.4, -0.2) is 16.3 Å². The monoisotopic (exact) mass is 235 g/mol. The van der Waals surface area contributed by atoms with E-state index in [4.69, 9.17) is 0 Å². The molecular formula is C14H25N3. The van der Waals surface area contributed by atoms with Crippen molar-refractivity contribution in [3.63, 3.8) is 0 Å². The van der Waals surface area contributed by atoms with E-state index in [1.807, 2.05) is 11.7 Å². The van der Waals surface area contributed by atoms with Gasteiger partial charge in [0.1, 0.15) is 0 Å². The third kappa shape index (κ3) is 3.32. The van der Waals surface area contributed by atoms with Gasteiger partial charge in [-0.3, -0.25) is 4.68 Å². The number of aromatic nitrogens is 2. The quantitative estimate of drug-likeness (QED) is 0.850. The lowest BCUT2D eigenvalue weighted by atomic mass is 10.1. The molecule has 2 unspecified atom stereocenters. The Bertz CT molecular complexity index is 356. The molecule has 1 aromatic heterocycles. The van der Waals surface area contributed by atoms with Crippen molar-refractivity contribution >= 4 is 0 Å². The lowest BCUT2D eigenvalue weighted by Crippen LogP contribution is -2.21. The third-order valence-electron chi connectivity index (χ3n) is 3.88. The minimum atomic E-state index is 0.895. The van der Waals surface area contributed by atoms with E-state index in [0.717, 1.165) is 24.8 Å². The van der Waals surface area contributed by atoms with Crippen molar-refractivity contribution in [2.24, 2.45) is 18.9 Å². The second kappa shape index (κ2) is 5.67. The summed E-state index contributed by atoms with van der Waals surface area (Å²) in [6.07, 6.45) is 7.39. The van der Waals surface area contributed by atoms with Crippen molar-refractivity contribution in [2.75, 3.05) is 6.54 Å². The molecule has 2 atom stereocenters. The molecule has 0 spiro atoms. The average molecular weight is 235 g/mol. The minimum Gasteiger partial charge on any atom is -0.312 e. The van der Waals surface area contributed by atoms with E-state index in [-0.39, 0.29) is 0 Å². The Kier molecular flexibility index (Phi) is 4.21. The molecule has 1 aromatic rings. The molecule has 0 bridgehead atoms. The Labute approximate surface area is 105 Å². The van der Waals surface area contributed by atoms with Crippen LogP contribution in [0.15, 0.2) is 6.20 Å². The molecule has 1 fully saturated rings. The average Bonchev–Trinajstić information content (AvgIpc) is 2.85. The van der Waals surface area contributed by atoms with Crippen LogP contribution in [0.5, 0.6) is 0 Å². The fourth-order valence-electron chi connectivity index (χ4n) is 2.95. The maximum Gasteiger partial charge on any atom is 0.0666 e. The highest BCUT2D eigenvalue weighted by molar-refractivity contribution is 5.16. The standard InChI is InChI=1S/C14H25N3/c1-4-14-13(10-17(3)16-14)9-15-8-12-6-5-11(2)7-12/h10-12,15H,4-9H2,1-3H3. The summed E-state index contributed by atoms with van der Waals surface area (Å²) in [4.78, 5) is 0. The molecule has 1 aliphatic rings. The van der Waals surface area contributed by atoms with Crippen LogP contribution < -0.4 is 5.32 Å². The van der Waals surface area contributed by atoms with Gasteiger partial charge >= 0.3 is 0 Å². The maximum atomic E-state index is 4.47. The van der Waals surface area contributed by atoms with Gasteiger partial charge < -0.3 is 5.32 Å². The van der Waals surface area contributed by atoms with Crippen molar-refractivity contribution in [3.8, 4) is 0 Å². The topological polar surface area (TPSA) is 29.9 Å². The molecule has 17 heavy (non-hydrogen) atoms. The van der Waals surface area contributed by atoms with E-state index in [9.17, 15) is 0 Å². The molecule has 1 heterocycles. The molecule has 0 aliphatic heterocycles. The Morgan fingerprint density at radius 3 is 2.94 bits per heavy atom. The van der Waals surface area contributed by atoms with Crippen LogP contribution in [-0.2, 0) is 20.0 Å². The van der Waals surface area contributed by atoms with Gasteiger partial charge in [-0.05, 0) is 37.6 Å². The van der Waals surface area contributed by atoms with Crippen LogP contribution in [0.2, 0.25) is 0 Å². The minimum absolute atomic E-state index is 0.895. The highest BCUT2D eigenvalue weighted by atomic mass is 15.3. The maximum absolute atomic E-state index is 4.47. The smallest absolute Gasteiger partial charge is 0.0666 e. The van der Waals surface area contributed by atoms with E-state index in [1.165, 1.54) is 37.1 Å². The fraction of sp³-hybridized carbons (Fsp3) is 0.786. The first-order valence-corrected chi connectivity index (χ1v) is 6.91. The van der Waals surface area contributed by atoms with Crippen molar-refractivity contribution < 1.29 is 0 Å². The number of rotatable bonds is 5. The van der Waals surface area contributed by atoms with Crippen molar-refractivity contribution in [1.29, 1.82) is 0 Å². The van der Waals surface area contributed by atoms with E-state index >= 15 is 0 Å². The Morgan fingerprint density at radius 1 is 1.47 bits per heavy atom. The molecule has 1 saturated carbocycles. The lowest BCUT2D eigenvalue weighted by molar-refractivity contribution is 0.470. The molecule has 0 radical (unpaired) electrons. The van der Waals surface area contributed by atoms with Gasteiger partial charge in [0.05, 0.1) is 5.69 Å². The molecule has 3 heteroatoms. The zero-order chi connectivity index (χ0) is 12.3. The Hall–Kier alpha value is -0.830. The van der Waals surface area contributed by atoms with Crippen molar-refractivity contribution in [1.82, 2.24) is 15.1 Å². The van der Waals surface area contributed by atoms with Gasteiger partial charge in [-0.2, -0.15) is 5.10 Å². The summed E-state index contributed by atoms with van der Waals surface area (Å²) in [7, 11) is 2.00. The lowest BCUT2D eigenvalue weighted by Gasteiger charge is -2.10. The summed E-state index contributed by atoms with van der Waals surface area (Å²) < 4.78 is 1.92. The zero-order valence-corrected chi connectivity index (χ0v) is 11.4. The summed E-state index contributed by atoms with van der Waals surface area (Å²) in [6, 6.07) is 0. The molecule has 96 valence electrons. The second-order valence-electron chi connectivity index (χ2n) is 5.54. The largest absolute Gasteiger partial charge is 0.312 e. The van der Waals surface area contributed by atoms with Crippen LogP contribution in [0.4, 0.5) is 0 Å². The molecule has 3 nitrogen and oxygen atoms in total. The molecule has 1 N–H and O–H groups in total. The summed E-state index contributed by atoms with van der Waals surface area (Å²) in [6.45, 7) is 6.69. The first kappa shape index (κ1) is 12.6. The molecular weight excluding hydrogens is 210 g/mol. The van der Waals surface area contributed by atoms with E-state index < -0.39 is 0 Å². The number of nitrogens with one attached hydrogen (secondary N) is 1. The van der Waals surface area contributed by atoms with E-state index in [0.29, 0.717) is 0 Å². The third-order valence-corrected chi connectivity index (χ3v) is 3.88. The van der Waals surface area contributed by atoms with Gasteiger partial charge in [-0.1, -0.05) is 20.3 Å². The summed E-state index contributed by atoms with van der Waals surface area (Å²) in [5.74, 6) is 1.83. The van der Waals surface area contributed by atoms with Gasteiger partial charge in [0.25, 0.3) is 0 Å². The molecule has 1 aliphatic carbocycles. The van der Waals surface area contributed by atoms with Gasteiger partial charge in [0, 0.05) is 25.4 Å². The number of aryl methyl sites for hydroxylation is 2. The van der Waals surface area contributed by atoms with E-state index in [2.05, 4.69) is 30.5 Å². The first-order valence-electron chi connectivity index (χ1n) is 6.91. The Morgan fingerprint density at radius 2 is 2.29 bits per heavy atom. The number of nitrogens with zero attached hydrogens (tertiary/aromatic N) is 2. The highest BCUT2D eigenvalue weighted by Crippen LogP contribution is 2.29. The SMILES string of the molecule is CCc1nn(C)cc1CNCC1CCC(C)C1. The number of hydrogen-bond acceptors (Lipinski definition) is 2. The predicted molar refractivity (Wildman–Crippen MR) is 70.8 cm³/mol. The van der Waals surface area contributed by atoms with E-state index in [1.54, 1.807) is 0 Å². The molecule has 0 amide bonds. The fourth-order valence-corrected chi connectivity index (χ4v) is 2.95. The summed E-state index contributed by atoms with van der Waals surface area (Å²) in [5.41, 5.74) is 2.60. The molecule has 0 saturated heterocycles. The highest BCUT2D eigenvalue weighted by Gasteiger charge is 2.20. The van der Waals surface area contributed by atoms with Crippen LogP contribution in [0, 0.1) is 11.8 Å². The van der Waals surface area contributed by atoms with Crippen LogP contribution in [0.1, 0.15) is 44.4 Å². The summed E-state index contributed by atoms with van der Waals surface area (Å²) in [5, 5.41) is 8.07. The van der Waals surface area contributed by atoms with Crippen LogP contribution in [0.25, 0.3) is 0 Å². The van der Waals surface area contributed by atoms with Gasteiger partial charge in [-0.25, -0.2) is 0 Å². The molecule has 0 aromatic carbocycles. The van der Waals surface area contributed by atoms with Crippen LogP contribution >= 0.6 is 0 Å². The zero-order valence-electron chi connectivity index (χ0n) is 11.4. The van der Waals surface area contributed by atoms with Crippen LogP contribution in [0.3, 0.4) is 0 Å². The molecule has 2 rings (SSSR count). The Balaban J connectivity index is 1.77.